The summed E-state index contributed by atoms with van der Waals surface area (Å²) in [5.41, 5.74) is 8.82. The average molecular weight is 279 g/mol. The zero-order valence-electron chi connectivity index (χ0n) is 12.0. The fourth-order valence-electron chi connectivity index (χ4n) is 2.06. The standard InChI is InChI=1S/C16H17N5/c1-16(2,17)15-20-13(11-7-3-5-9-18-11)14(21-15)12-8-4-6-10-19-12/h3-10H,17H2,1-2H3,(H,20,21). The summed E-state index contributed by atoms with van der Waals surface area (Å²) in [4.78, 5) is 16.7. The minimum absolute atomic E-state index is 0.559. The van der Waals surface area contributed by atoms with Crippen LogP contribution in [0.15, 0.2) is 48.8 Å². The minimum atomic E-state index is -0.559. The molecule has 0 unspecified atom stereocenters. The highest BCUT2D eigenvalue weighted by Gasteiger charge is 2.23. The zero-order chi connectivity index (χ0) is 14.9. The van der Waals surface area contributed by atoms with Gasteiger partial charge in [0, 0.05) is 12.4 Å². The number of nitrogens with two attached hydrogens (primary N) is 1. The molecule has 0 amide bonds. The lowest BCUT2D eigenvalue weighted by Gasteiger charge is -2.14. The van der Waals surface area contributed by atoms with Crippen LogP contribution in [0.3, 0.4) is 0 Å². The molecule has 0 saturated heterocycles. The Labute approximate surface area is 123 Å². The van der Waals surface area contributed by atoms with Crippen molar-refractivity contribution in [2.75, 3.05) is 0 Å². The van der Waals surface area contributed by atoms with E-state index in [-0.39, 0.29) is 0 Å². The highest BCUT2D eigenvalue weighted by molar-refractivity contribution is 5.74. The summed E-state index contributed by atoms with van der Waals surface area (Å²) in [5, 5.41) is 0. The summed E-state index contributed by atoms with van der Waals surface area (Å²) in [7, 11) is 0. The predicted molar refractivity (Wildman–Crippen MR) is 82.3 cm³/mol. The Morgan fingerprint density at radius 2 is 1.57 bits per heavy atom. The number of rotatable bonds is 3. The first kappa shape index (κ1) is 13.5. The van der Waals surface area contributed by atoms with Crippen LogP contribution in [0.5, 0.6) is 0 Å². The molecule has 0 aromatic carbocycles. The van der Waals surface area contributed by atoms with Crippen LogP contribution in [-0.4, -0.2) is 19.9 Å². The van der Waals surface area contributed by atoms with E-state index >= 15 is 0 Å². The first-order valence-corrected chi connectivity index (χ1v) is 6.78. The summed E-state index contributed by atoms with van der Waals surface area (Å²) < 4.78 is 0. The van der Waals surface area contributed by atoms with Crippen molar-refractivity contribution in [3.8, 4) is 22.8 Å². The van der Waals surface area contributed by atoms with Gasteiger partial charge in [-0.3, -0.25) is 9.97 Å². The maximum atomic E-state index is 6.16. The van der Waals surface area contributed by atoms with Crippen LogP contribution in [0.4, 0.5) is 0 Å². The van der Waals surface area contributed by atoms with Gasteiger partial charge in [-0.1, -0.05) is 12.1 Å². The van der Waals surface area contributed by atoms with Gasteiger partial charge in [0.2, 0.25) is 0 Å². The van der Waals surface area contributed by atoms with Crippen LogP contribution >= 0.6 is 0 Å². The highest BCUT2D eigenvalue weighted by atomic mass is 15.0. The lowest BCUT2D eigenvalue weighted by molar-refractivity contribution is 0.520. The second-order valence-electron chi connectivity index (χ2n) is 5.46. The maximum Gasteiger partial charge on any atom is 0.126 e. The summed E-state index contributed by atoms with van der Waals surface area (Å²) in [6.45, 7) is 3.83. The van der Waals surface area contributed by atoms with Gasteiger partial charge in [-0.2, -0.15) is 0 Å². The Bertz CT molecular complexity index is 669. The van der Waals surface area contributed by atoms with E-state index in [1.807, 2.05) is 50.2 Å². The number of H-pyrrole nitrogens is 1. The van der Waals surface area contributed by atoms with Gasteiger partial charge in [0.15, 0.2) is 0 Å². The van der Waals surface area contributed by atoms with E-state index in [4.69, 9.17) is 5.73 Å². The fraction of sp³-hybridized carbons (Fsp3) is 0.188. The van der Waals surface area contributed by atoms with Crippen LogP contribution in [0.1, 0.15) is 19.7 Å². The Hall–Kier alpha value is -2.53. The van der Waals surface area contributed by atoms with Crippen molar-refractivity contribution < 1.29 is 0 Å². The van der Waals surface area contributed by atoms with Crippen molar-refractivity contribution in [1.29, 1.82) is 0 Å². The molecule has 3 heterocycles. The van der Waals surface area contributed by atoms with Crippen molar-refractivity contribution >= 4 is 0 Å². The van der Waals surface area contributed by atoms with E-state index in [1.54, 1.807) is 12.4 Å². The van der Waals surface area contributed by atoms with Crippen LogP contribution in [-0.2, 0) is 5.54 Å². The van der Waals surface area contributed by atoms with E-state index in [0.717, 1.165) is 22.8 Å². The summed E-state index contributed by atoms with van der Waals surface area (Å²) >= 11 is 0. The number of aromatic amines is 1. The molecule has 0 fully saturated rings. The third-order valence-electron chi connectivity index (χ3n) is 3.14. The van der Waals surface area contributed by atoms with Crippen molar-refractivity contribution in [3.63, 3.8) is 0 Å². The van der Waals surface area contributed by atoms with Crippen LogP contribution < -0.4 is 5.73 Å². The molecule has 3 rings (SSSR count). The smallest absolute Gasteiger partial charge is 0.126 e. The Balaban J connectivity index is 2.20. The number of nitrogens with zero attached hydrogens (tertiary/aromatic N) is 3. The Morgan fingerprint density at radius 3 is 2.10 bits per heavy atom. The van der Waals surface area contributed by atoms with Crippen molar-refractivity contribution in [1.82, 2.24) is 19.9 Å². The van der Waals surface area contributed by atoms with Gasteiger partial charge in [0.1, 0.15) is 11.5 Å². The largest absolute Gasteiger partial charge is 0.339 e. The van der Waals surface area contributed by atoms with Crippen molar-refractivity contribution in [3.05, 3.63) is 54.6 Å². The van der Waals surface area contributed by atoms with E-state index in [2.05, 4.69) is 19.9 Å². The minimum Gasteiger partial charge on any atom is -0.339 e. The lowest BCUT2D eigenvalue weighted by Crippen LogP contribution is -2.30. The molecule has 0 atom stereocenters. The molecule has 0 aliphatic carbocycles. The molecule has 3 N–H and O–H groups in total. The quantitative estimate of drug-likeness (QED) is 0.772. The third-order valence-corrected chi connectivity index (χ3v) is 3.14. The maximum absolute atomic E-state index is 6.16. The molecule has 5 heteroatoms. The molecule has 3 aromatic rings. The normalized spacial score (nSPS) is 11.6. The summed E-state index contributed by atoms with van der Waals surface area (Å²) in [6.07, 6.45) is 3.51. The number of pyridine rings is 2. The Kier molecular flexibility index (Phi) is 3.27. The number of nitrogens with one attached hydrogen (secondary N) is 1. The molecule has 0 aliphatic heterocycles. The number of imidazole rings is 1. The molecule has 106 valence electrons. The van der Waals surface area contributed by atoms with Gasteiger partial charge in [0.05, 0.1) is 22.6 Å². The molecule has 0 saturated carbocycles. The third kappa shape index (κ3) is 2.68. The van der Waals surface area contributed by atoms with Crippen LogP contribution in [0.2, 0.25) is 0 Å². The van der Waals surface area contributed by atoms with E-state index < -0.39 is 5.54 Å². The first-order valence-electron chi connectivity index (χ1n) is 6.78. The molecular weight excluding hydrogens is 262 g/mol. The first-order chi connectivity index (χ1) is 10.1. The van der Waals surface area contributed by atoms with Crippen LogP contribution in [0.25, 0.3) is 22.8 Å². The second-order valence-corrected chi connectivity index (χ2v) is 5.46. The van der Waals surface area contributed by atoms with Gasteiger partial charge in [0.25, 0.3) is 0 Å². The second kappa shape index (κ2) is 5.10. The highest BCUT2D eigenvalue weighted by Crippen LogP contribution is 2.29. The molecular formula is C16H17N5. The monoisotopic (exact) mass is 279 g/mol. The molecule has 0 aliphatic rings. The fourth-order valence-corrected chi connectivity index (χ4v) is 2.06. The molecule has 0 spiro atoms. The van der Waals surface area contributed by atoms with Gasteiger partial charge < -0.3 is 10.7 Å². The molecule has 3 aromatic heterocycles. The summed E-state index contributed by atoms with van der Waals surface area (Å²) in [6, 6.07) is 11.5. The average Bonchev–Trinajstić information content (AvgIpc) is 2.94. The van der Waals surface area contributed by atoms with E-state index in [0.29, 0.717) is 5.82 Å². The lowest BCUT2D eigenvalue weighted by atomic mass is 10.1. The van der Waals surface area contributed by atoms with E-state index in [9.17, 15) is 0 Å². The van der Waals surface area contributed by atoms with Gasteiger partial charge in [-0.05, 0) is 38.1 Å². The zero-order valence-corrected chi connectivity index (χ0v) is 12.0. The SMILES string of the molecule is CC(C)(N)c1nc(-c2ccccn2)c(-c2ccccn2)[nH]1. The van der Waals surface area contributed by atoms with Crippen molar-refractivity contribution in [2.45, 2.75) is 19.4 Å². The topological polar surface area (TPSA) is 80.5 Å². The number of aromatic nitrogens is 4. The number of hydrogen-bond donors (Lipinski definition) is 2. The molecule has 0 radical (unpaired) electrons. The molecule has 0 bridgehead atoms. The molecule has 5 nitrogen and oxygen atoms in total. The van der Waals surface area contributed by atoms with Gasteiger partial charge in [-0.15, -0.1) is 0 Å². The predicted octanol–water partition coefficient (Wildman–Crippen LogP) is 2.73. The molecule has 21 heavy (non-hydrogen) atoms. The summed E-state index contributed by atoms with van der Waals surface area (Å²) in [5.74, 6) is 0.712. The van der Waals surface area contributed by atoms with Gasteiger partial charge >= 0.3 is 0 Å². The van der Waals surface area contributed by atoms with Crippen molar-refractivity contribution in [2.24, 2.45) is 5.73 Å². The van der Waals surface area contributed by atoms with Crippen LogP contribution in [0, 0.1) is 0 Å². The van der Waals surface area contributed by atoms with E-state index in [1.165, 1.54) is 0 Å². The number of hydrogen-bond acceptors (Lipinski definition) is 4. The Morgan fingerprint density at radius 1 is 0.952 bits per heavy atom. The van der Waals surface area contributed by atoms with Gasteiger partial charge in [-0.25, -0.2) is 4.98 Å².